The van der Waals surface area contributed by atoms with Crippen LogP contribution in [-0.4, -0.2) is 52.4 Å². The lowest BCUT2D eigenvalue weighted by atomic mass is 9.92. The van der Waals surface area contributed by atoms with Gasteiger partial charge >= 0.3 is 0 Å². The fourth-order valence-corrected chi connectivity index (χ4v) is 2.96. The monoisotopic (exact) mass is 332 g/mol. The van der Waals surface area contributed by atoms with Crippen LogP contribution < -0.4 is 0 Å². The molecule has 0 radical (unpaired) electrons. The summed E-state index contributed by atoms with van der Waals surface area (Å²) in [4.78, 5) is 14.5. The molecule has 0 aliphatic rings. The first kappa shape index (κ1) is 18.5. The van der Waals surface area contributed by atoms with Crippen molar-refractivity contribution in [2.75, 3.05) is 26.8 Å². The lowest BCUT2D eigenvalue weighted by molar-refractivity contribution is 0.0367. The normalized spacial score (nSPS) is 12.1. The Labute approximate surface area is 143 Å². The van der Waals surface area contributed by atoms with Crippen LogP contribution in [0.2, 0.25) is 0 Å². The van der Waals surface area contributed by atoms with Gasteiger partial charge in [0.05, 0.1) is 18.8 Å². The fraction of sp³-hybridized carbons (Fsp3) is 0.526. The van der Waals surface area contributed by atoms with Crippen molar-refractivity contribution in [3.63, 3.8) is 0 Å². The summed E-state index contributed by atoms with van der Waals surface area (Å²) >= 11 is 0. The molecule has 0 aliphatic carbocycles. The van der Waals surface area contributed by atoms with Crippen LogP contribution in [0.3, 0.4) is 0 Å². The van der Waals surface area contributed by atoms with E-state index in [1.54, 1.807) is 18.9 Å². The molecule has 2 rings (SSSR count). The summed E-state index contributed by atoms with van der Waals surface area (Å²) in [5, 5.41) is 19.9. The molecule has 0 saturated heterocycles. The van der Waals surface area contributed by atoms with Gasteiger partial charge in [-0.1, -0.05) is 39.0 Å². The molecule has 2 aromatic rings. The Hall–Kier alpha value is -1.85. The fourth-order valence-electron chi connectivity index (χ4n) is 2.96. The molecule has 1 heterocycles. The minimum atomic E-state index is -0.708. The number of aromatic nitrogens is 1. The van der Waals surface area contributed by atoms with Crippen molar-refractivity contribution in [1.82, 2.24) is 9.47 Å². The summed E-state index contributed by atoms with van der Waals surface area (Å²) in [6.45, 7) is 6.86. The summed E-state index contributed by atoms with van der Waals surface area (Å²) in [7, 11) is 1.71. The Morgan fingerprint density at radius 2 is 1.88 bits per heavy atom. The van der Waals surface area contributed by atoms with E-state index in [1.807, 2.05) is 30.5 Å². The first-order valence-electron chi connectivity index (χ1n) is 8.36. The van der Waals surface area contributed by atoms with Gasteiger partial charge in [-0.15, -0.1) is 0 Å². The summed E-state index contributed by atoms with van der Waals surface area (Å²) in [5.74, 6) is 0.385. The molecule has 5 nitrogen and oxygen atoms in total. The highest BCUT2D eigenvalue weighted by Gasteiger charge is 2.28. The molecule has 1 amide bonds. The van der Waals surface area contributed by atoms with E-state index in [-0.39, 0.29) is 19.1 Å². The number of hydrogen-bond acceptors (Lipinski definition) is 3. The van der Waals surface area contributed by atoms with Gasteiger partial charge in [-0.3, -0.25) is 4.79 Å². The van der Waals surface area contributed by atoms with Crippen molar-refractivity contribution in [2.24, 2.45) is 11.3 Å². The van der Waals surface area contributed by atoms with Crippen LogP contribution in [0.5, 0.6) is 0 Å². The lowest BCUT2D eigenvalue weighted by Crippen LogP contribution is -2.41. The van der Waals surface area contributed by atoms with Gasteiger partial charge in [0.2, 0.25) is 0 Å². The highest BCUT2D eigenvalue weighted by atomic mass is 16.3. The molecule has 0 fully saturated rings. The molecule has 1 aromatic carbocycles. The average molecular weight is 332 g/mol. The third-order valence-corrected chi connectivity index (χ3v) is 4.31. The second kappa shape index (κ2) is 7.36. The van der Waals surface area contributed by atoms with Gasteiger partial charge in [-0.2, -0.15) is 0 Å². The molecule has 0 unspecified atom stereocenters. The molecule has 0 aliphatic heterocycles. The van der Waals surface area contributed by atoms with E-state index in [9.17, 15) is 15.0 Å². The maximum Gasteiger partial charge on any atom is 0.255 e. The number of carbonyl (C=O) groups is 1. The number of amides is 1. The van der Waals surface area contributed by atoms with E-state index >= 15 is 0 Å². The molecule has 0 bridgehead atoms. The van der Waals surface area contributed by atoms with E-state index < -0.39 is 5.41 Å². The molecule has 5 heteroatoms. The SMILES string of the molecule is CC(C)Cn1cc(C(=O)N(C)CC(C)(CO)CO)c2ccccc21. The smallest absolute Gasteiger partial charge is 0.255 e. The zero-order valence-corrected chi connectivity index (χ0v) is 15.0. The average Bonchev–Trinajstić information content (AvgIpc) is 2.92. The van der Waals surface area contributed by atoms with Crippen LogP contribution in [0.15, 0.2) is 30.5 Å². The number of fused-ring (bicyclic) bond motifs is 1. The Kier molecular flexibility index (Phi) is 5.67. The quantitative estimate of drug-likeness (QED) is 0.818. The standard InChI is InChI=1S/C19H28N2O3/c1-14(2)9-21-10-16(15-7-5-6-8-17(15)21)18(24)20(4)11-19(3,12-22)13-23/h5-8,10,14,22-23H,9,11-13H2,1-4H3. The van der Waals surface area contributed by atoms with Crippen molar-refractivity contribution >= 4 is 16.8 Å². The lowest BCUT2D eigenvalue weighted by Gasteiger charge is -2.30. The van der Waals surface area contributed by atoms with Gasteiger partial charge in [-0.25, -0.2) is 0 Å². The Bertz CT molecular complexity index is 702. The van der Waals surface area contributed by atoms with Gasteiger partial charge in [0.15, 0.2) is 0 Å². The second-order valence-corrected chi connectivity index (χ2v) is 7.39. The third kappa shape index (κ3) is 3.79. The van der Waals surface area contributed by atoms with E-state index in [0.29, 0.717) is 18.0 Å². The number of hydrogen-bond donors (Lipinski definition) is 2. The molecule has 0 spiro atoms. The number of carbonyl (C=O) groups excluding carboxylic acids is 1. The van der Waals surface area contributed by atoms with Crippen LogP contribution in [0.4, 0.5) is 0 Å². The van der Waals surface area contributed by atoms with Crippen LogP contribution in [-0.2, 0) is 6.54 Å². The molecule has 132 valence electrons. The number of nitrogens with zero attached hydrogens (tertiary/aromatic N) is 2. The van der Waals surface area contributed by atoms with Crippen LogP contribution in [0, 0.1) is 11.3 Å². The van der Waals surface area contributed by atoms with Crippen molar-refractivity contribution < 1.29 is 15.0 Å². The number of para-hydroxylation sites is 1. The highest BCUT2D eigenvalue weighted by Crippen LogP contribution is 2.25. The summed E-state index contributed by atoms with van der Waals surface area (Å²) < 4.78 is 2.12. The predicted molar refractivity (Wildman–Crippen MR) is 96.0 cm³/mol. The topological polar surface area (TPSA) is 65.7 Å². The number of aliphatic hydroxyl groups excluding tert-OH is 2. The van der Waals surface area contributed by atoms with Crippen LogP contribution >= 0.6 is 0 Å². The first-order valence-corrected chi connectivity index (χ1v) is 8.36. The molecule has 24 heavy (non-hydrogen) atoms. The maximum absolute atomic E-state index is 12.9. The largest absolute Gasteiger partial charge is 0.396 e. The summed E-state index contributed by atoms with van der Waals surface area (Å²) in [5.41, 5.74) is 1.00. The van der Waals surface area contributed by atoms with Crippen molar-refractivity contribution in [2.45, 2.75) is 27.3 Å². The van der Waals surface area contributed by atoms with Crippen LogP contribution in [0.25, 0.3) is 10.9 Å². The van der Waals surface area contributed by atoms with E-state index in [4.69, 9.17) is 0 Å². The highest BCUT2D eigenvalue weighted by molar-refractivity contribution is 6.06. The molecular weight excluding hydrogens is 304 g/mol. The van der Waals surface area contributed by atoms with Crippen LogP contribution in [0.1, 0.15) is 31.1 Å². The predicted octanol–water partition coefficient (Wildman–Crippen LogP) is 2.36. The number of benzene rings is 1. The maximum atomic E-state index is 12.9. The molecule has 2 N–H and O–H groups in total. The van der Waals surface area contributed by atoms with E-state index in [2.05, 4.69) is 18.4 Å². The minimum absolute atomic E-state index is 0.0955. The van der Waals surface area contributed by atoms with Gasteiger partial charge in [-0.05, 0) is 12.0 Å². The molecule has 0 atom stereocenters. The Morgan fingerprint density at radius 1 is 1.25 bits per heavy atom. The first-order chi connectivity index (χ1) is 11.3. The Morgan fingerprint density at radius 3 is 2.46 bits per heavy atom. The van der Waals surface area contributed by atoms with Gasteiger partial charge in [0.1, 0.15) is 0 Å². The molecule has 0 saturated carbocycles. The third-order valence-electron chi connectivity index (χ3n) is 4.31. The second-order valence-electron chi connectivity index (χ2n) is 7.39. The summed E-state index contributed by atoms with van der Waals surface area (Å²) in [6, 6.07) is 7.90. The zero-order chi connectivity index (χ0) is 17.9. The van der Waals surface area contributed by atoms with Gasteiger partial charge in [0, 0.05) is 42.7 Å². The van der Waals surface area contributed by atoms with E-state index in [1.165, 1.54) is 0 Å². The molecule has 1 aromatic heterocycles. The van der Waals surface area contributed by atoms with E-state index in [0.717, 1.165) is 17.4 Å². The minimum Gasteiger partial charge on any atom is -0.396 e. The summed E-state index contributed by atoms with van der Waals surface area (Å²) in [6.07, 6.45) is 1.92. The van der Waals surface area contributed by atoms with Gasteiger partial charge < -0.3 is 19.7 Å². The number of aliphatic hydroxyl groups is 2. The van der Waals surface area contributed by atoms with Crippen molar-refractivity contribution in [1.29, 1.82) is 0 Å². The number of rotatable bonds is 7. The molecular formula is C19H28N2O3. The van der Waals surface area contributed by atoms with Crippen molar-refractivity contribution in [3.8, 4) is 0 Å². The zero-order valence-electron chi connectivity index (χ0n) is 15.0. The van der Waals surface area contributed by atoms with Crippen molar-refractivity contribution in [3.05, 3.63) is 36.0 Å². The van der Waals surface area contributed by atoms with Gasteiger partial charge in [0.25, 0.3) is 5.91 Å². The Balaban J connectivity index is 2.35.